The maximum absolute atomic E-state index is 9.49. The number of nitrogens with zero attached hydrogens (tertiary/aromatic N) is 2. The van der Waals surface area contributed by atoms with Crippen LogP contribution in [0.5, 0.6) is 0 Å². The first-order chi connectivity index (χ1) is 12.0. The third kappa shape index (κ3) is 1.77. The molecule has 5 nitrogen and oxygen atoms in total. The van der Waals surface area contributed by atoms with Crippen molar-refractivity contribution >= 4 is 5.57 Å². The zero-order valence-electron chi connectivity index (χ0n) is 14.3. The van der Waals surface area contributed by atoms with Crippen molar-refractivity contribution in [1.29, 1.82) is 5.26 Å². The third-order valence-electron chi connectivity index (χ3n) is 5.36. The molecule has 2 aliphatic carbocycles. The molecule has 1 aromatic rings. The number of aromatic nitrogens is 1. The Morgan fingerprint density at radius 1 is 1.48 bits per heavy atom. The van der Waals surface area contributed by atoms with E-state index in [1.807, 2.05) is 18.2 Å². The van der Waals surface area contributed by atoms with Gasteiger partial charge in [-0.2, -0.15) is 5.26 Å². The molecule has 126 valence electrons. The van der Waals surface area contributed by atoms with Gasteiger partial charge in [-0.05, 0) is 35.6 Å². The standard InChI is InChI=1S/C20H20N4O/c1-12(2)14-6-4-8-16-17(10-14)25-20(22)18-15(7-5-9-23-18)13(3)19(16,20)24-11-21/h4-7,9-10,12,24H,3,8,22H2,1-2H3. The van der Waals surface area contributed by atoms with Gasteiger partial charge in [0.05, 0.1) is 0 Å². The van der Waals surface area contributed by atoms with Gasteiger partial charge in [0, 0.05) is 17.3 Å². The summed E-state index contributed by atoms with van der Waals surface area (Å²) < 4.78 is 6.29. The lowest BCUT2D eigenvalue weighted by molar-refractivity contribution is -0.00170. The molecule has 0 saturated heterocycles. The summed E-state index contributed by atoms with van der Waals surface area (Å²) in [5, 5.41) is 12.4. The Balaban J connectivity index is 1.98. The summed E-state index contributed by atoms with van der Waals surface area (Å²) in [5.41, 5.74) is 8.71. The van der Waals surface area contributed by atoms with E-state index in [2.05, 4.69) is 49.1 Å². The van der Waals surface area contributed by atoms with Crippen LogP contribution in [0.4, 0.5) is 0 Å². The maximum Gasteiger partial charge on any atom is 0.234 e. The first kappa shape index (κ1) is 15.7. The molecule has 2 atom stereocenters. The average Bonchev–Trinajstić information content (AvgIpc) is 2.82. The van der Waals surface area contributed by atoms with E-state index in [-0.39, 0.29) is 0 Å². The van der Waals surface area contributed by atoms with Gasteiger partial charge in [-0.15, -0.1) is 0 Å². The van der Waals surface area contributed by atoms with Gasteiger partial charge < -0.3 is 10.1 Å². The highest BCUT2D eigenvalue weighted by molar-refractivity contribution is 5.86. The van der Waals surface area contributed by atoms with Gasteiger partial charge >= 0.3 is 0 Å². The number of pyridine rings is 1. The molecule has 4 rings (SSSR count). The Bertz CT molecular complexity index is 918. The van der Waals surface area contributed by atoms with Gasteiger partial charge in [-0.3, -0.25) is 10.7 Å². The second-order valence-corrected chi connectivity index (χ2v) is 6.95. The molecule has 0 bridgehead atoms. The minimum absolute atomic E-state index is 0.356. The van der Waals surface area contributed by atoms with E-state index < -0.39 is 11.3 Å². The summed E-state index contributed by atoms with van der Waals surface area (Å²) in [4.78, 5) is 4.46. The second-order valence-electron chi connectivity index (χ2n) is 6.95. The largest absolute Gasteiger partial charge is 0.464 e. The highest BCUT2D eigenvalue weighted by atomic mass is 16.5. The Morgan fingerprint density at radius 2 is 2.28 bits per heavy atom. The zero-order valence-corrected chi connectivity index (χ0v) is 14.3. The summed E-state index contributed by atoms with van der Waals surface area (Å²) in [6.45, 7) is 8.52. The number of ether oxygens (including phenoxy) is 1. The first-order valence-electron chi connectivity index (χ1n) is 8.37. The predicted molar refractivity (Wildman–Crippen MR) is 95.4 cm³/mol. The van der Waals surface area contributed by atoms with Gasteiger partial charge in [0.2, 0.25) is 5.72 Å². The third-order valence-corrected chi connectivity index (χ3v) is 5.36. The van der Waals surface area contributed by atoms with Crippen LogP contribution in [0.2, 0.25) is 0 Å². The molecular weight excluding hydrogens is 312 g/mol. The van der Waals surface area contributed by atoms with Gasteiger partial charge in [-0.25, -0.2) is 0 Å². The fraction of sp³-hybridized carbons (Fsp3) is 0.300. The van der Waals surface area contributed by atoms with Crippen molar-refractivity contribution in [3.05, 3.63) is 71.3 Å². The molecule has 0 amide bonds. The number of allylic oxidation sites excluding steroid dienone is 4. The highest BCUT2D eigenvalue weighted by Gasteiger charge is 2.68. The molecule has 1 aliphatic heterocycles. The van der Waals surface area contributed by atoms with E-state index in [0.29, 0.717) is 23.8 Å². The molecule has 25 heavy (non-hydrogen) atoms. The van der Waals surface area contributed by atoms with Gasteiger partial charge in [-0.1, -0.05) is 38.6 Å². The second kappa shape index (κ2) is 5.08. The van der Waals surface area contributed by atoms with Crippen LogP contribution in [-0.4, -0.2) is 10.5 Å². The maximum atomic E-state index is 9.49. The van der Waals surface area contributed by atoms with E-state index in [1.54, 1.807) is 6.20 Å². The summed E-state index contributed by atoms with van der Waals surface area (Å²) in [5.74, 6) is 1.06. The van der Waals surface area contributed by atoms with Gasteiger partial charge in [0.25, 0.3) is 0 Å². The van der Waals surface area contributed by atoms with Crippen molar-refractivity contribution in [2.45, 2.75) is 31.5 Å². The Kier molecular flexibility index (Phi) is 3.18. The van der Waals surface area contributed by atoms with Crippen LogP contribution in [-0.2, 0) is 10.5 Å². The summed E-state index contributed by atoms with van der Waals surface area (Å²) in [6.07, 6.45) is 10.6. The molecule has 5 heteroatoms. The van der Waals surface area contributed by atoms with Crippen molar-refractivity contribution in [1.82, 2.24) is 10.3 Å². The fourth-order valence-corrected chi connectivity index (χ4v) is 4.07. The minimum atomic E-state index is -1.29. The van der Waals surface area contributed by atoms with E-state index in [1.165, 1.54) is 0 Å². The lowest BCUT2D eigenvalue weighted by Crippen LogP contribution is -2.61. The van der Waals surface area contributed by atoms with E-state index >= 15 is 0 Å². The van der Waals surface area contributed by atoms with Gasteiger partial charge in [0.15, 0.2) is 11.7 Å². The van der Waals surface area contributed by atoms with Crippen molar-refractivity contribution in [3.63, 3.8) is 0 Å². The normalized spacial score (nSPS) is 29.4. The lowest BCUT2D eigenvalue weighted by Gasteiger charge is -2.37. The number of fused-ring (bicyclic) bond motifs is 4. The number of hydrogen-bond donors (Lipinski definition) is 2. The van der Waals surface area contributed by atoms with Crippen LogP contribution in [0, 0.1) is 17.4 Å². The summed E-state index contributed by atoms with van der Waals surface area (Å²) in [7, 11) is 0. The summed E-state index contributed by atoms with van der Waals surface area (Å²) in [6, 6.07) is 3.76. The topological polar surface area (TPSA) is 84.0 Å². The Morgan fingerprint density at radius 3 is 3.00 bits per heavy atom. The molecule has 3 aliphatic rings. The van der Waals surface area contributed by atoms with Crippen LogP contribution in [0.15, 0.2) is 60.0 Å². The van der Waals surface area contributed by atoms with E-state index in [0.717, 1.165) is 22.3 Å². The van der Waals surface area contributed by atoms with Crippen LogP contribution < -0.4 is 11.1 Å². The molecule has 0 saturated carbocycles. The summed E-state index contributed by atoms with van der Waals surface area (Å²) >= 11 is 0. The first-order valence-corrected chi connectivity index (χ1v) is 8.37. The molecule has 2 heterocycles. The van der Waals surface area contributed by atoms with Crippen LogP contribution >= 0.6 is 0 Å². The quantitative estimate of drug-likeness (QED) is 0.643. The van der Waals surface area contributed by atoms with Crippen LogP contribution in [0.3, 0.4) is 0 Å². The Labute approximate surface area is 147 Å². The van der Waals surface area contributed by atoms with E-state index in [4.69, 9.17) is 10.5 Å². The Hall–Kier alpha value is -2.84. The number of nitrogens with two attached hydrogens (primary N) is 1. The molecule has 0 aromatic carbocycles. The van der Waals surface area contributed by atoms with Crippen molar-refractivity contribution in [3.8, 4) is 6.19 Å². The molecular formula is C20H20N4O. The zero-order chi connectivity index (χ0) is 17.8. The number of rotatable bonds is 2. The van der Waals surface area contributed by atoms with E-state index in [9.17, 15) is 5.26 Å². The average molecular weight is 332 g/mol. The minimum Gasteiger partial charge on any atom is -0.464 e. The highest BCUT2D eigenvalue weighted by Crippen LogP contribution is 2.59. The number of nitriles is 1. The molecule has 0 fully saturated rings. The van der Waals surface area contributed by atoms with Crippen LogP contribution in [0.1, 0.15) is 31.5 Å². The molecule has 0 radical (unpaired) electrons. The monoisotopic (exact) mass is 332 g/mol. The van der Waals surface area contributed by atoms with Gasteiger partial charge in [0.1, 0.15) is 11.5 Å². The molecule has 1 aromatic heterocycles. The molecule has 2 unspecified atom stereocenters. The SMILES string of the molecule is C=C1c2cccnc2C2(N)OC3=C(CC=CC(C(C)C)=C3)C12NC#N. The molecule has 0 spiro atoms. The number of hydrogen-bond acceptors (Lipinski definition) is 5. The van der Waals surface area contributed by atoms with Crippen molar-refractivity contribution < 1.29 is 4.74 Å². The van der Waals surface area contributed by atoms with Crippen molar-refractivity contribution in [2.75, 3.05) is 0 Å². The number of nitrogens with one attached hydrogen (secondary N) is 1. The molecule has 3 N–H and O–H groups in total. The van der Waals surface area contributed by atoms with Crippen molar-refractivity contribution in [2.24, 2.45) is 11.7 Å². The lowest BCUT2D eigenvalue weighted by atomic mass is 9.78. The fourth-order valence-electron chi connectivity index (χ4n) is 4.07. The smallest absolute Gasteiger partial charge is 0.234 e. The van der Waals surface area contributed by atoms with Crippen LogP contribution in [0.25, 0.3) is 5.57 Å². The predicted octanol–water partition coefficient (Wildman–Crippen LogP) is 2.86.